The Morgan fingerprint density at radius 3 is 3.00 bits per heavy atom. The van der Waals surface area contributed by atoms with Gasteiger partial charge in [-0.05, 0) is 37.8 Å². The van der Waals surface area contributed by atoms with Crippen molar-refractivity contribution < 1.29 is 4.79 Å². The molecule has 104 valence electrons. The first-order valence-corrected chi connectivity index (χ1v) is 8.32. The summed E-state index contributed by atoms with van der Waals surface area (Å²) >= 11 is 2.03. The number of amides is 1. The Bertz CT molecular complexity index is 277. The van der Waals surface area contributed by atoms with Gasteiger partial charge in [0.05, 0.1) is 0 Å². The van der Waals surface area contributed by atoms with Crippen LogP contribution in [0.1, 0.15) is 33.1 Å². The maximum atomic E-state index is 12.2. The fraction of sp³-hybridized carbons (Fsp3) is 0.929. The first-order valence-electron chi connectivity index (χ1n) is 7.27. The molecule has 2 heterocycles. The van der Waals surface area contributed by atoms with Gasteiger partial charge in [-0.1, -0.05) is 13.8 Å². The molecule has 0 spiro atoms. The number of nitrogens with zero attached hydrogens (tertiary/aromatic N) is 1. The normalized spacial score (nSPS) is 28.9. The third kappa shape index (κ3) is 3.89. The van der Waals surface area contributed by atoms with Crippen LogP contribution in [0.5, 0.6) is 0 Å². The molecule has 2 rings (SSSR count). The van der Waals surface area contributed by atoms with E-state index in [2.05, 4.69) is 24.1 Å². The lowest BCUT2D eigenvalue weighted by Gasteiger charge is -2.34. The first-order chi connectivity index (χ1) is 8.66. The zero-order valence-corrected chi connectivity index (χ0v) is 12.5. The van der Waals surface area contributed by atoms with Gasteiger partial charge in [-0.25, -0.2) is 0 Å². The van der Waals surface area contributed by atoms with Crippen molar-refractivity contribution in [3.63, 3.8) is 0 Å². The molecule has 1 amide bonds. The first kappa shape index (κ1) is 14.2. The Hall–Kier alpha value is -0.220. The molecule has 1 N–H and O–H groups in total. The molecule has 0 aromatic carbocycles. The van der Waals surface area contributed by atoms with Crippen molar-refractivity contribution in [2.45, 2.75) is 38.4 Å². The van der Waals surface area contributed by atoms with Crippen LogP contribution in [0.3, 0.4) is 0 Å². The minimum absolute atomic E-state index is 0.382. The van der Waals surface area contributed by atoms with Gasteiger partial charge in [0.2, 0.25) is 5.91 Å². The predicted molar refractivity (Wildman–Crippen MR) is 77.9 cm³/mol. The van der Waals surface area contributed by atoms with Crippen molar-refractivity contribution in [1.29, 1.82) is 0 Å². The zero-order valence-electron chi connectivity index (χ0n) is 11.7. The van der Waals surface area contributed by atoms with Crippen LogP contribution in [-0.4, -0.2) is 48.0 Å². The van der Waals surface area contributed by atoms with Crippen LogP contribution < -0.4 is 5.32 Å². The molecule has 2 aliphatic rings. The summed E-state index contributed by atoms with van der Waals surface area (Å²) in [6.45, 7) is 8.68. The minimum Gasteiger partial charge on any atom is -0.341 e. The van der Waals surface area contributed by atoms with Crippen LogP contribution in [-0.2, 0) is 4.79 Å². The predicted octanol–water partition coefficient (Wildman–Crippen LogP) is 1.98. The van der Waals surface area contributed by atoms with Crippen molar-refractivity contribution in [2.24, 2.45) is 11.8 Å². The SMILES string of the molecule is CC(C)C1CN(C(=O)CCC2CCNC2)CCS1. The monoisotopic (exact) mass is 270 g/mol. The van der Waals surface area contributed by atoms with E-state index in [9.17, 15) is 4.79 Å². The molecule has 3 nitrogen and oxygen atoms in total. The van der Waals surface area contributed by atoms with Gasteiger partial charge in [0.25, 0.3) is 0 Å². The number of thioether (sulfide) groups is 1. The highest BCUT2D eigenvalue weighted by Crippen LogP contribution is 2.25. The quantitative estimate of drug-likeness (QED) is 0.848. The molecule has 4 heteroatoms. The van der Waals surface area contributed by atoms with Gasteiger partial charge < -0.3 is 10.2 Å². The molecular formula is C14H26N2OS. The van der Waals surface area contributed by atoms with Crippen LogP contribution >= 0.6 is 11.8 Å². The van der Waals surface area contributed by atoms with Crippen molar-refractivity contribution in [3.05, 3.63) is 0 Å². The summed E-state index contributed by atoms with van der Waals surface area (Å²) in [6.07, 6.45) is 3.07. The summed E-state index contributed by atoms with van der Waals surface area (Å²) < 4.78 is 0. The summed E-state index contributed by atoms with van der Waals surface area (Å²) in [7, 11) is 0. The minimum atomic E-state index is 0.382. The largest absolute Gasteiger partial charge is 0.341 e. The van der Waals surface area contributed by atoms with E-state index in [-0.39, 0.29) is 0 Å². The molecule has 0 bridgehead atoms. The van der Waals surface area contributed by atoms with Crippen LogP contribution in [0.25, 0.3) is 0 Å². The number of hydrogen-bond acceptors (Lipinski definition) is 3. The average molecular weight is 270 g/mol. The Kier molecular flexibility index (Phi) is 5.37. The van der Waals surface area contributed by atoms with E-state index in [0.29, 0.717) is 17.1 Å². The second-order valence-corrected chi connectivity index (χ2v) is 7.24. The molecule has 18 heavy (non-hydrogen) atoms. The second-order valence-electron chi connectivity index (χ2n) is 5.89. The summed E-state index contributed by atoms with van der Waals surface area (Å²) in [5.74, 6) is 2.89. The van der Waals surface area contributed by atoms with Gasteiger partial charge in [0.15, 0.2) is 0 Å². The van der Waals surface area contributed by atoms with Crippen LogP contribution in [0.2, 0.25) is 0 Å². The van der Waals surface area contributed by atoms with Crippen LogP contribution in [0, 0.1) is 11.8 Å². The summed E-state index contributed by atoms with van der Waals surface area (Å²) in [6, 6.07) is 0. The number of nitrogens with one attached hydrogen (secondary N) is 1. The van der Waals surface area contributed by atoms with Gasteiger partial charge in [0.1, 0.15) is 0 Å². The summed E-state index contributed by atoms with van der Waals surface area (Å²) in [5.41, 5.74) is 0. The highest BCUT2D eigenvalue weighted by molar-refractivity contribution is 8.00. The molecule has 0 aliphatic carbocycles. The van der Waals surface area contributed by atoms with E-state index in [1.165, 1.54) is 6.42 Å². The molecule has 2 unspecified atom stereocenters. The van der Waals surface area contributed by atoms with E-state index in [1.807, 2.05) is 11.8 Å². The second kappa shape index (κ2) is 6.80. The van der Waals surface area contributed by atoms with E-state index >= 15 is 0 Å². The van der Waals surface area contributed by atoms with E-state index in [1.54, 1.807) is 0 Å². The van der Waals surface area contributed by atoms with Crippen LogP contribution in [0.4, 0.5) is 0 Å². The van der Waals surface area contributed by atoms with E-state index < -0.39 is 0 Å². The standard InChI is InChI=1S/C14H26N2OS/c1-11(2)13-10-16(7-8-18-13)14(17)4-3-12-5-6-15-9-12/h11-13,15H,3-10H2,1-2H3. The summed E-state index contributed by atoms with van der Waals surface area (Å²) in [4.78, 5) is 14.3. The molecule has 0 aromatic rings. The fourth-order valence-electron chi connectivity index (χ4n) is 2.75. The van der Waals surface area contributed by atoms with Gasteiger partial charge in [-0.3, -0.25) is 4.79 Å². The van der Waals surface area contributed by atoms with Crippen molar-refractivity contribution >= 4 is 17.7 Å². The Morgan fingerprint density at radius 1 is 1.50 bits per heavy atom. The highest BCUT2D eigenvalue weighted by atomic mass is 32.2. The molecule has 0 radical (unpaired) electrons. The molecule has 0 saturated carbocycles. The topological polar surface area (TPSA) is 32.3 Å². The Morgan fingerprint density at radius 2 is 2.33 bits per heavy atom. The number of carbonyl (C=O) groups is 1. The molecular weight excluding hydrogens is 244 g/mol. The lowest BCUT2D eigenvalue weighted by Crippen LogP contribution is -2.43. The van der Waals surface area contributed by atoms with E-state index in [4.69, 9.17) is 0 Å². The Balaban J connectivity index is 1.73. The highest BCUT2D eigenvalue weighted by Gasteiger charge is 2.26. The lowest BCUT2D eigenvalue weighted by molar-refractivity contribution is -0.131. The maximum absolute atomic E-state index is 12.2. The smallest absolute Gasteiger partial charge is 0.222 e. The zero-order chi connectivity index (χ0) is 13.0. The fourth-order valence-corrected chi connectivity index (χ4v) is 4.05. The maximum Gasteiger partial charge on any atom is 0.222 e. The number of rotatable bonds is 4. The molecule has 2 fully saturated rings. The van der Waals surface area contributed by atoms with Crippen molar-refractivity contribution in [3.8, 4) is 0 Å². The average Bonchev–Trinajstić information content (AvgIpc) is 2.89. The van der Waals surface area contributed by atoms with E-state index in [0.717, 1.165) is 50.7 Å². The van der Waals surface area contributed by atoms with Gasteiger partial charge in [0, 0.05) is 30.5 Å². The summed E-state index contributed by atoms with van der Waals surface area (Å²) in [5, 5.41) is 4.00. The molecule has 2 saturated heterocycles. The Labute approximate surface area is 115 Å². The third-order valence-electron chi connectivity index (χ3n) is 4.12. The number of hydrogen-bond donors (Lipinski definition) is 1. The number of carbonyl (C=O) groups excluding carboxylic acids is 1. The van der Waals surface area contributed by atoms with Gasteiger partial charge in [-0.15, -0.1) is 0 Å². The molecule has 2 atom stereocenters. The third-order valence-corrected chi connectivity index (χ3v) is 5.66. The van der Waals surface area contributed by atoms with Crippen LogP contribution in [0.15, 0.2) is 0 Å². The van der Waals surface area contributed by atoms with Crippen molar-refractivity contribution in [2.75, 3.05) is 31.9 Å². The van der Waals surface area contributed by atoms with Gasteiger partial charge in [-0.2, -0.15) is 11.8 Å². The van der Waals surface area contributed by atoms with Crippen molar-refractivity contribution in [1.82, 2.24) is 10.2 Å². The molecule has 2 aliphatic heterocycles. The lowest BCUT2D eigenvalue weighted by atomic mass is 10.0. The molecule has 0 aromatic heterocycles. The van der Waals surface area contributed by atoms with Gasteiger partial charge >= 0.3 is 0 Å².